The van der Waals surface area contributed by atoms with Crippen molar-refractivity contribution in [3.63, 3.8) is 0 Å². The SMILES string of the molecule is CC(=O)N[C@H]1C(C)(C)[C@@H]2C[C@@H]3[C@@H](CCNC(=O)c4ccn[nH]4)OCC[C@@]31C2. The summed E-state index contributed by atoms with van der Waals surface area (Å²) < 4.78 is 6.15. The third-order valence-electron chi connectivity index (χ3n) is 7.43. The lowest BCUT2D eigenvalue weighted by Gasteiger charge is -2.53. The lowest BCUT2D eigenvalue weighted by Crippen LogP contribution is -2.60. The Bertz CT molecular complexity index is 717. The molecule has 5 atom stereocenters. The molecule has 2 amide bonds. The number of carbonyl (C=O) groups excluding carboxylic acids is 2. The number of H-pyrrole nitrogens is 1. The molecule has 1 aliphatic heterocycles. The normalized spacial score (nSPS) is 36.3. The van der Waals surface area contributed by atoms with E-state index in [1.807, 2.05) is 0 Å². The standard InChI is InChI=1S/C20H30N4O3/c1-12(25)23-18-19(2,3)13-10-14-16(27-9-6-20(14,18)11-13)5-7-21-17(26)15-4-8-22-24-15/h4,8,13-14,16,18H,5-7,9-11H2,1-3H3,(H,21,26)(H,22,24)(H,23,25)/t13-,14-,16-,18+,20-/m1/s1. The summed E-state index contributed by atoms with van der Waals surface area (Å²) in [6.07, 6.45) is 5.85. The molecule has 1 saturated heterocycles. The van der Waals surface area contributed by atoms with Crippen LogP contribution in [0, 0.1) is 22.7 Å². The fourth-order valence-corrected chi connectivity index (χ4v) is 6.20. The van der Waals surface area contributed by atoms with Gasteiger partial charge in [0.05, 0.1) is 6.10 Å². The highest BCUT2D eigenvalue weighted by Gasteiger charge is 2.68. The average molecular weight is 374 g/mol. The highest BCUT2D eigenvalue weighted by molar-refractivity contribution is 5.92. The van der Waals surface area contributed by atoms with Crippen LogP contribution < -0.4 is 10.6 Å². The van der Waals surface area contributed by atoms with Crippen molar-refractivity contribution in [2.45, 2.75) is 58.6 Å². The van der Waals surface area contributed by atoms with Gasteiger partial charge in [-0.15, -0.1) is 0 Å². The van der Waals surface area contributed by atoms with Gasteiger partial charge < -0.3 is 15.4 Å². The van der Waals surface area contributed by atoms with Crippen molar-refractivity contribution in [1.82, 2.24) is 20.8 Å². The van der Waals surface area contributed by atoms with Gasteiger partial charge in [0.2, 0.25) is 5.91 Å². The molecule has 27 heavy (non-hydrogen) atoms. The van der Waals surface area contributed by atoms with Crippen LogP contribution in [0.5, 0.6) is 0 Å². The third-order valence-corrected chi connectivity index (χ3v) is 7.43. The van der Waals surface area contributed by atoms with Gasteiger partial charge in [-0.1, -0.05) is 13.8 Å². The van der Waals surface area contributed by atoms with E-state index in [4.69, 9.17) is 4.74 Å². The highest BCUT2D eigenvalue weighted by atomic mass is 16.5. The summed E-state index contributed by atoms with van der Waals surface area (Å²) in [5.41, 5.74) is 0.734. The number of nitrogens with zero attached hydrogens (tertiary/aromatic N) is 1. The molecule has 148 valence electrons. The number of aromatic amines is 1. The molecule has 3 fully saturated rings. The van der Waals surface area contributed by atoms with Crippen LogP contribution >= 0.6 is 0 Å². The first kappa shape index (κ1) is 18.5. The summed E-state index contributed by atoms with van der Waals surface area (Å²) in [4.78, 5) is 24.0. The fourth-order valence-electron chi connectivity index (χ4n) is 6.20. The van der Waals surface area contributed by atoms with Gasteiger partial charge in [-0.05, 0) is 54.4 Å². The van der Waals surface area contributed by atoms with Crippen molar-refractivity contribution in [1.29, 1.82) is 0 Å². The Morgan fingerprint density at radius 2 is 2.22 bits per heavy atom. The molecule has 3 N–H and O–H groups in total. The summed E-state index contributed by atoms with van der Waals surface area (Å²) in [6, 6.07) is 1.87. The van der Waals surface area contributed by atoms with E-state index in [0.29, 0.717) is 24.1 Å². The van der Waals surface area contributed by atoms with Crippen LogP contribution in [0.3, 0.4) is 0 Å². The molecule has 2 heterocycles. The van der Waals surface area contributed by atoms with Gasteiger partial charge in [0, 0.05) is 32.3 Å². The molecule has 2 aliphatic carbocycles. The van der Waals surface area contributed by atoms with Gasteiger partial charge in [0.15, 0.2) is 0 Å². The third kappa shape index (κ3) is 2.96. The smallest absolute Gasteiger partial charge is 0.269 e. The summed E-state index contributed by atoms with van der Waals surface area (Å²) >= 11 is 0. The minimum atomic E-state index is -0.136. The molecule has 1 aromatic heterocycles. The zero-order chi connectivity index (χ0) is 19.2. The zero-order valence-electron chi connectivity index (χ0n) is 16.4. The minimum absolute atomic E-state index is 0.0589. The van der Waals surface area contributed by atoms with Crippen molar-refractivity contribution in [2.75, 3.05) is 13.2 Å². The molecule has 4 rings (SSSR count). The number of aromatic nitrogens is 2. The van der Waals surface area contributed by atoms with Gasteiger partial charge in [0.1, 0.15) is 5.69 Å². The number of rotatable bonds is 5. The average Bonchev–Trinajstić information content (AvgIpc) is 3.30. The van der Waals surface area contributed by atoms with E-state index in [9.17, 15) is 9.59 Å². The number of amides is 2. The maximum atomic E-state index is 12.1. The molecular weight excluding hydrogens is 344 g/mol. The Kier molecular flexibility index (Phi) is 4.53. The van der Waals surface area contributed by atoms with Gasteiger partial charge in [-0.3, -0.25) is 14.7 Å². The van der Waals surface area contributed by atoms with Crippen molar-refractivity contribution in [3.8, 4) is 0 Å². The molecule has 2 bridgehead atoms. The van der Waals surface area contributed by atoms with Crippen molar-refractivity contribution in [2.24, 2.45) is 22.7 Å². The number of hydrogen-bond donors (Lipinski definition) is 3. The Balaban J connectivity index is 1.43. The van der Waals surface area contributed by atoms with Crippen LogP contribution in [-0.4, -0.2) is 47.3 Å². The van der Waals surface area contributed by atoms with E-state index in [2.05, 4.69) is 34.7 Å². The first-order valence-corrected chi connectivity index (χ1v) is 10.0. The molecule has 0 aromatic carbocycles. The second kappa shape index (κ2) is 6.62. The van der Waals surface area contributed by atoms with Gasteiger partial charge in [-0.2, -0.15) is 5.10 Å². The summed E-state index contributed by atoms with van der Waals surface area (Å²) in [7, 11) is 0. The topological polar surface area (TPSA) is 96.1 Å². The maximum absolute atomic E-state index is 12.1. The second-order valence-corrected chi connectivity index (χ2v) is 9.11. The summed E-state index contributed by atoms with van der Waals surface area (Å²) in [5, 5.41) is 12.7. The number of ether oxygens (including phenoxy) is 1. The molecule has 1 aromatic rings. The van der Waals surface area contributed by atoms with Crippen LogP contribution in [-0.2, 0) is 9.53 Å². The second-order valence-electron chi connectivity index (χ2n) is 9.11. The van der Waals surface area contributed by atoms with Gasteiger partial charge in [0.25, 0.3) is 5.91 Å². The van der Waals surface area contributed by atoms with E-state index >= 15 is 0 Å². The number of carbonyl (C=O) groups is 2. The van der Waals surface area contributed by atoms with Crippen molar-refractivity contribution in [3.05, 3.63) is 18.0 Å². The van der Waals surface area contributed by atoms with Crippen LogP contribution in [0.2, 0.25) is 0 Å². The molecule has 1 spiro atoms. The molecule has 3 aliphatic rings. The molecule has 7 heteroatoms. The largest absolute Gasteiger partial charge is 0.378 e. The number of hydrogen-bond acceptors (Lipinski definition) is 4. The summed E-state index contributed by atoms with van der Waals surface area (Å²) in [6.45, 7) is 7.54. The van der Waals surface area contributed by atoms with E-state index in [-0.39, 0.29) is 34.8 Å². The van der Waals surface area contributed by atoms with E-state index in [1.54, 1.807) is 19.2 Å². The molecular formula is C20H30N4O3. The molecule has 7 nitrogen and oxygen atoms in total. The Morgan fingerprint density at radius 1 is 1.41 bits per heavy atom. The predicted octanol–water partition coefficient (Wildman–Crippen LogP) is 1.88. The summed E-state index contributed by atoms with van der Waals surface area (Å²) in [5.74, 6) is 0.986. The van der Waals surface area contributed by atoms with E-state index in [1.165, 1.54) is 6.42 Å². The molecule has 2 saturated carbocycles. The van der Waals surface area contributed by atoms with Crippen LogP contribution in [0.4, 0.5) is 0 Å². The van der Waals surface area contributed by atoms with Crippen molar-refractivity contribution < 1.29 is 14.3 Å². The number of nitrogens with one attached hydrogen (secondary N) is 3. The lowest BCUT2D eigenvalue weighted by molar-refractivity contribution is -0.135. The monoisotopic (exact) mass is 374 g/mol. The first-order valence-electron chi connectivity index (χ1n) is 10.0. The lowest BCUT2D eigenvalue weighted by atomic mass is 9.59. The maximum Gasteiger partial charge on any atom is 0.269 e. The fraction of sp³-hybridized carbons (Fsp3) is 0.750. The Labute approximate surface area is 160 Å². The van der Waals surface area contributed by atoms with Crippen LogP contribution in [0.1, 0.15) is 56.9 Å². The van der Waals surface area contributed by atoms with E-state index < -0.39 is 0 Å². The highest BCUT2D eigenvalue weighted by Crippen LogP contribution is 2.68. The Morgan fingerprint density at radius 3 is 2.93 bits per heavy atom. The number of fused-ring (bicyclic) bond motifs is 1. The van der Waals surface area contributed by atoms with Gasteiger partial charge >= 0.3 is 0 Å². The Hall–Kier alpha value is -1.89. The molecule has 0 unspecified atom stereocenters. The van der Waals surface area contributed by atoms with Crippen molar-refractivity contribution >= 4 is 11.8 Å². The van der Waals surface area contributed by atoms with Crippen LogP contribution in [0.15, 0.2) is 12.3 Å². The minimum Gasteiger partial charge on any atom is -0.378 e. The van der Waals surface area contributed by atoms with E-state index in [0.717, 1.165) is 25.9 Å². The quantitative estimate of drug-likeness (QED) is 0.733. The van der Waals surface area contributed by atoms with Crippen LogP contribution in [0.25, 0.3) is 0 Å². The predicted molar refractivity (Wildman–Crippen MR) is 99.9 cm³/mol. The zero-order valence-corrected chi connectivity index (χ0v) is 16.4. The van der Waals surface area contributed by atoms with Gasteiger partial charge in [-0.25, -0.2) is 0 Å². The molecule has 0 radical (unpaired) electrons. The first-order chi connectivity index (χ1) is 12.8.